The van der Waals surface area contributed by atoms with Gasteiger partial charge in [-0.25, -0.2) is 0 Å². The number of hydrogen-bond acceptors (Lipinski definition) is 3. The molecule has 25 heavy (non-hydrogen) atoms. The molecule has 2 rings (SSSR count). The van der Waals surface area contributed by atoms with Crippen LogP contribution in [0.15, 0.2) is 54.6 Å². The van der Waals surface area contributed by atoms with Gasteiger partial charge in [-0.05, 0) is 43.7 Å². The predicted octanol–water partition coefficient (Wildman–Crippen LogP) is 2.91. The van der Waals surface area contributed by atoms with E-state index in [0.29, 0.717) is 25.1 Å². The Morgan fingerprint density at radius 2 is 1.68 bits per heavy atom. The molecule has 2 aromatic carbocycles. The SMILES string of the molecule is CC(C)NC(=O)c1ccc(CNC(=O)CCOc2ccccc2)cc1. The lowest BCUT2D eigenvalue weighted by atomic mass is 10.1. The van der Waals surface area contributed by atoms with Crippen LogP contribution in [0, 0.1) is 0 Å². The summed E-state index contributed by atoms with van der Waals surface area (Å²) in [7, 11) is 0. The summed E-state index contributed by atoms with van der Waals surface area (Å²) in [6, 6.07) is 16.7. The Labute approximate surface area is 148 Å². The van der Waals surface area contributed by atoms with Gasteiger partial charge in [0.05, 0.1) is 13.0 Å². The van der Waals surface area contributed by atoms with E-state index in [9.17, 15) is 9.59 Å². The van der Waals surface area contributed by atoms with Crippen LogP contribution in [0.25, 0.3) is 0 Å². The van der Waals surface area contributed by atoms with Gasteiger partial charge in [-0.3, -0.25) is 9.59 Å². The summed E-state index contributed by atoms with van der Waals surface area (Å²) in [5.41, 5.74) is 1.55. The first-order valence-corrected chi connectivity index (χ1v) is 8.39. The second-order valence-corrected chi connectivity index (χ2v) is 6.01. The van der Waals surface area contributed by atoms with Crippen molar-refractivity contribution in [2.24, 2.45) is 0 Å². The van der Waals surface area contributed by atoms with Gasteiger partial charge in [0.25, 0.3) is 5.91 Å². The lowest BCUT2D eigenvalue weighted by Crippen LogP contribution is -2.30. The molecule has 2 N–H and O–H groups in total. The lowest BCUT2D eigenvalue weighted by Gasteiger charge is -2.09. The Balaban J connectivity index is 1.71. The quantitative estimate of drug-likeness (QED) is 0.776. The number of rotatable bonds is 8. The largest absolute Gasteiger partial charge is 0.493 e. The van der Waals surface area contributed by atoms with Crippen LogP contribution in [-0.2, 0) is 11.3 Å². The minimum atomic E-state index is -0.0938. The maximum Gasteiger partial charge on any atom is 0.251 e. The van der Waals surface area contributed by atoms with E-state index >= 15 is 0 Å². The third-order valence-corrected chi connectivity index (χ3v) is 3.47. The Hall–Kier alpha value is -2.82. The summed E-state index contributed by atoms with van der Waals surface area (Å²) in [6.45, 7) is 4.60. The fourth-order valence-electron chi connectivity index (χ4n) is 2.19. The minimum Gasteiger partial charge on any atom is -0.493 e. The summed E-state index contributed by atoms with van der Waals surface area (Å²) in [6.07, 6.45) is 0.295. The Bertz CT molecular complexity index is 682. The number of amides is 2. The minimum absolute atomic E-state index is 0.0717. The van der Waals surface area contributed by atoms with Gasteiger partial charge in [-0.1, -0.05) is 30.3 Å². The maximum atomic E-state index is 11.9. The Morgan fingerprint density at radius 3 is 2.32 bits per heavy atom. The van der Waals surface area contributed by atoms with Crippen molar-refractivity contribution in [3.8, 4) is 5.75 Å². The van der Waals surface area contributed by atoms with Gasteiger partial charge in [0.1, 0.15) is 5.75 Å². The first-order chi connectivity index (χ1) is 12.0. The number of hydrogen-bond donors (Lipinski definition) is 2. The molecule has 0 bridgehead atoms. The molecule has 0 saturated heterocycles. The van der Waals surface area contributed by atoms with Gasteiger partial charge < -0.3 is 15.4 Å². The molecule has 132 valence electrons. The molecule has 0 aromatic heterocycles. The fourth-order valence-corrected chi connectivity index (χ4v) is 2.19. The van der Waals surface area contributed by atoms with Crippen molar-refractivity contribution < 1.29 is 14.3 Å². The van der Waals surface area contributed by atoms with Gasteiger partial charge in [0, 0.05) is 18.2 Å². The molecule has 0 fully saturated rings. The van der Waals surface area contributed by atoms with Crippen LogP contribution in [0.1, 0.15) is 36.2 Å². The molecule has 0 aliphatic rings. The van der Waals surface area contributed by atoms with Crippen molar-refractivity contribution in [1.82, 2.24) is 10.6 Å². The molecule has 0 aliphatic heterocycles. The molecular formula is C20H24N2O3. The number of para-hydroxylation sites is 1. The van der Waals surface area contributed by atoms with E-state index in [2.05, 4.69) is 10.6 Å². The molecule has 5 heteroatoms. The first kappa shape index (κ1) is 18.5. The molecule has 0 radical (unpaired) electrons. The van der Waals surface area contributed by atoms with Gasteiger partial charge in [-0.2, -0.15) is 0 Å². The number of carbonyl (C=O) groups excluding carboxylic acids is 2. The number of ether oxygens (including phenoxy) is 1. The molecule has 0 aliphatic carbocycles. The van der Waals surface area contributed by atoms with E-state index in [1.165, 1.54) is 0 Å². The van der Waals surface area contributed by atoms with Gasteiger partial charge in [-0.15, -0.1) is 0 Å². The maximum absolute atomic E-state index is 11.9. The molecule has 0 spiro atoms. The first-order valence-electron chi connectivity index (χ1n) is 8.39. The van der Waals surface area contributed by atoms with E-state index in [1.807, 2.05) is 56.3 Å². The summed E-state index contributed by atoms with van der Waals surface area (Å²) < 4.78 is 5.50. The summed E-state index contributed by atoms with van der Waals surface area (Å²) in [5, 5.41) is 5.69. The average molecular weight is 340 g/mol. The van der Waals surface area contributed by atoms with Crippen molar-refractivity contribution in [3.05, 3.63) is 65.7 Å². The van der Waals surface area contributed by atoms with E-state index in [0.717, 1.165) is 11.3 Å². The number of nitrogens with one attached hydrogen (secondary N) is 2. The monoisotopic (exact) mass is 340 g/mol. The zero-order valence-electron chi connectivity index (χ0n) is 14.6. The third-order valence-electron chi connectivity index (χ3n) is 3.47. The van der Waals surface area contributed by atoms with Crippen LogP contribution in [0.3, 0.4) is 0 Å². The Kier molecular flexibility index (Phi) is 7.01. The highest BCUT2D eigenvalue weighted by Crippen LogP contribution is 2.08. The van der Waals surface area contributed by atoms with Crippen LogP contribution < -0.4 is 15.4 Å². The van der Waals surface area contributed by atoms with Crippen molar-refractivity contribution in [1.29, 1.82) is 0 Å². The van der Waals surface area contributed by atoms with E-state index in [4.69, 9.17) is 4.74 Å². The highest BCUT2D eigenvalue weighted by Gasteiger charge is 2.07. The van der Waals surface area contributed by atoms with Crippen LogP contribution in [0.5, 0.6) is 5.75 Å². The van der Waals surface area contributed by atoms with Crippen molar-refractivity contribution >= 4 is 11.8 Å². The highest BCUT2D eigenvalue weighted by atomic mass is 16.5. The van der Waals surface area contributed by atoms with Crippen molar-refractivity contribution in [3.63, 3.8) is 0 Å². The topological polar surface area (TPSA) is 67.4 Å². The third kappa shape index (κ3) is 6.67. The molecular weight excluding hydrogens is 316 g/mol. The second kappa shape index (κ2) is 9.47. The van der Waals surface area contributed by atoms with Crippen molar-refractivity contribution in [2.45, 2.75) is 32.9 Å². The zero-order valence-corrected chi connectivity index (χ0v) is 14.6. The normalized spacial score (nSPS) is 10.4. The molecule has 2 amide bonds. The van der Waals surface area contributed by atoms with Crippen molar-refractivity contribution in [2.75, 3.05) is 6.61 Å². The van der Waals surface area contributed by atoms with Gasteiger partial charge in [0.15, 0.2) is 0 Å². The highest BCUT2D eigenvalue weighted by molar-refractivity contribution is 5.94. The molecule has 5 nitrogen and oxygen atoms in total. The summed E-state index contributed by atoms with van der Waals surface area (Å²) in [5.74, 6) is 0.590. The molecule has 0 atom stereocenters. The Morgan fingerprint density at radius 1 is 1.00 bits per heavy atom. The molecule has 0 saturated carbocycles. The van der Waals surface area contributed by atoms with Crippen LogP contribution >= 0.6 is 0 Å². The summed E-state index contributed by atoms with van der Waals surface area (Å²) >= 11 is 0. The van der Waals surface area contributed by atoms with Crippen LogP contribution in [0.4, 0.5) is 0 Å². The van der Waals surface area contributed by atoms with E-state index < -0.39 is 0 Å². The second-order valence-electron chi connectivity index (χ2n) is 6.01. The zero-order chi connectivity index (χ0) is 18.1. The lowest BCUT2D eigenvalue weighted by molar-refractivity contribution is -0.121. The molecule has 0 unspecified atom stereocenters. The van der Waals surface area contributed by atoms with Gasteiger partial charge in [0.2, 0.25) is 5.91 Å². The number of carbonyl (C=O) groups is 2. The molecule has 0 heterocycles. The average Bonchev–Trinajstić information content (AvgIpc) is 2.61. The summed E-state index contributed by atoms with van der Waals surface area (Å²) in [4.78, 5) is 23.7. The van der Waals surface area contributed by atoms with E-state index in [1.54, 1.807) is 12.1 Å². The smallest absolute Gasteiger partial charge is 0.251 e. The molecule has 2 aromatic rings. The fraction of sp³-hybridized carbons (Fsp3) is 0.300. The van der Waals surface area contributed by atoms with Crippen LogP contribution in [-0.4, -0.2) is 24.5 Å². The predicted molar refractivity (Wildman–Crippen MR) is 97.4 cm³/mol. The standard InChI is InChI=1S/C20H24N2O3/c1-15(2)22-20(24)17-10-8-16(9-11-17)14-21-19(23)12-13-25-18-6-4-3-5-7-18/h3-11,15H,12-14H2,1-2H3,(H,21,23)(H,22,24). The van der Waals surface area contributed by atoms with E-state index in [-0.39, 0.29) is 17.9 Å². The van der Waals surface area contributed by atoms with Crippen LogP contribution in [0.2, 0.25) is 0 Å². The number of benzene rings is 2. The van der Waals surface area contributed by atoms with Gasteiger partial charge >= 0.3 is 0 Å².